The van der Waals surface area contributed by atoms with Gasteiger partial charge in [0.25, 0.3) is 5.56 Å². The normalized spacial score (nSPS) is 14.6. The molecule has 1 aliphatic carbocycles. The summed E-state index contributed by atoms with van der Waals surface area (Å²) < 4.78 is 10.7. The summed E-state index contributed by atoms with van der Waals surface area (Å²) in [4.78, 5) is 23.5. The van der Waals surface area contributed by atoms with Crippen molar-refractivity contribution in [2.24, 2.45) is 0 Å². The molecule has 0 amide bonds. The summed E-state index contributed by atoms with van der Waals surface area (Å²) in [5, 5.41) is 12.8. The molecule has 0 bridgehead atoms. The molecule has 1 aromatic carbocycles. The number of hydrogen-bond acceptors (Lipinski definition) is 7. The van der Waals surface area contributed by atoms with Gasteiger partial charge in [-0.1, -0.05) is 24.1 Å². The second-order valence-corrected chi connectivity index (χ2v) is 8.43. The van der Waals surface area contributed by atoms with Crippen LogP contribution in [0, 0.1) is 12.3 Å². The Kier molecular flexibility index (Phi) is 6.68. The Hall–Kier alpha value is -2.70. The Morgan fingerprint density at radius 1 is 1.39 bits per heavy atom. The number of para-hydroxylation sites is 1. The van der Waals surface area contributed by atoms with Crippen molar-refractivity contribution in [1.82, 2.24) is 14.9 Å². The first-order chi connectivity index (χ1) is 15.1. The molecule has 3 aromatic rings. The number of terminal acetylenes is 1. The van der Waals surface area contributed by atoms with Crippen LogP contribution in [0.4, 0.5) is 0 Å². The van der Waals surface area contributed by atoms with Crippen molar-refractivity contribution in [3.05, 3.63) is 45.8 Å². The van der Waals surface area contributed by atoms with E-state index in [0.717, 1.165) is 24.0 Å². The van der Waals surface area contributed by atoms with E-state index in [-0.39, 0.29) is 18.8 Å². The smallest absolute Gasteiger partial charge is 0.260 e. The number of hydrogen-bond donors (Lipinski definition) is 2. The van der Waals surface area contributed by atoms with Gasteiger partial charge in [-0.2, -0.15) is 0 Å². The SMILES string of the molecule is C#CCOCC(O)CN(Cc1nc2scc(-c3ccccc3OC)c2c(=O)[nH]1)C1CC1. The minimum absolute atomic E-state index is 0.171. The van der Waals surface area contributed by atoms with E-state index in [1.54, 1.807) is 7.11 Å². The van der Waals surface area contributed by atoms with E-state index in [9.17, 15) is 9.90 Å². The Morgan fingerprint density at radius 3 is 2.94 bits per heavy atom. The third-order valence-corrected chi connectivity index (χ3v) is 6.12. The summed E-state index contributed by atoms with van der Waals surface area (Å²) in [5.74, 6) is 3.70. The van der Waals surface area contributed by atoms with Crippen LogP contribution in [0.25, 0.3) is 21.3 Å². The molecule has 2 heterocycles. The second-order valence-electron chi connectivity index (χ2n) is 7.58. The molecule has 1 atom stereocenters. The molecular weight excluding hydrogens is 414 g/mol. The van der Waals surface area contributed by atoms with Crippen LogP contribution in [-0.4, -0.2) is 59.0 Å². The van der Waals surface area contributed by atoms with Crippen LogP contribution >= 0.6 is 11.3 Å². The summed E-state index contributed by atoms with van der Waals surface area (Å²) in [7, 11) is 1.62. The van der Waals surface area contributed by atoms with Gasteiger partial charge in [0.1, 0.15) is 23.0 Å². The van der Waals surface area contributed by atoms with E-state index in [4.69, 9.17) is 20.9 Å². The van der Waals surface area contributed by atoms with Crippen molar-refractivity contribution in [1.29, 1.82) is 0 Å². The van der Waals surface area contributed by atoms with Crippen molar-refractivity contribution in [3.63, 3.8) is 0 Å². The quantitative estimate of drug-likeness (QED) is 0.373. The van der Waals surface area contributed by atoms with E-state index >= 15 is 0 Å². The highest BCUT2D eigenvalue weighted by atomic mass is 32.1. The molecule has 31 heavy (non-hydrogen) atoms. The second kappa shape index (κ2) is 9.62. The molecule has 2 aromatic heterocycles. The van der Waals surface area contributed by atoms with Crippen LogP contribution in [0.2, 0.25) is 0 Å². The monoisotopic (exact) mass is 439 g/mol. The molecule has 0 aliphatic heterocycles. The van der Waals surface area contributed by atoms with Gasteiger partial charge < -0.3 is 19.6 Å². The number of fused-ring (bicyclic) bond motifs is 1. The predicted molar refractivity (Wildman–Crippen MR) is 121 cm³/mol. The highest BCUT2D eigenvalue weighted by Gasteiger charge is 2.31. The summed E-state index contributed by atoms with van der Waals surface area (Å²) in [6.07, 6.45) is 6.67. The van der Waals surface area contributed by atoms with Gasteiger partial charge in [-0.25, -0.2) is 4.98 Å². The molecule has 1 fully saturated rings. The number of aromatic amines is 1. The zero-order chi connectivity index (χ0) is 21.8. The number of benzene rings is 1. The fourth-order valence-electron chi connectivity index (χ4n) is 3.69. The maximum atomic E-state index is 13.0. The number of aromatic nitrogens is 2. The highest BCUT2D eigenvalue weighted by molar-refractivity contribution is 7.17. The summed E-state index contributed by atoms with van der Waals surface area (Å²) >= 11 is 1.44. The maximum Gasteiger partial charge on any atom is 0.260 e. The van der Waals surface area contributed by atoms with Gasteiger partial charge in [0.15, 0.2) is 0 Å². The number of H-pyrrole nitrogens is 1. The molecule has 4 rings (SSSR count). The van der Waals surface area contributed by atoms with Gasteiger partial charge >= 0.3 is 0 Å². The number of methoxy groups -OCH3 is 1. The Labute approximate surface area is 184 Å². The van der Waals surface area contributed by atoms with Crippen LogP contribution in [-0.2, 0) is 11.3 Å². The molecule has 1 unspecified atom stereocenters. The molecule has 7 nitrogen and oxygen atoms in total. The lowest BCUT2D eigenvalue weighted by atomic mass is 10.1. The van der Waals surface area contributed by atoms with E-state index in [2.05, 4.69) is 15.8 Å². The minimum atomic E-state index is -0.650. The summed E-state index contributed by atoms with van der Waals surface area (Å²) in [6, 6.07) is 8.02. The van der Waals surface area contributed by atoms with Crippen molar-refractivity contribution in [3.8, 4) is 29.2 Å². The Bertz CT molecular complexity index is 1150. The van der Waals surface area contributed by atoms with Crippen LogP contribution in [0.5, 0.6) is 5.75 Å². The number of thiophene rings is 1. The fourth-order valence-corrected chi connectivity index (χ4v) is 4.64. The molecule has 0 saturated heterocycles. The van der Waals surface area contributed by atoms with E-state index < -0.39 is 6.10 Å². The van der Waals surface area contributed by atoms with E-state index in [0.29, 0.717) is 40.9 Å². The third-order valence-electron chi connectivity index (χ3n) is 5.25. The van der Waals surface area contributed by atoms with Gasteiger partial charge in [-0.05, 0) is 18.9 Å². The summed E-state index contributed by atoms with van der Waals surface area (Å²) in [6.45, 7) is 1.26. The van der Waals surface area contributed by atoms with Crippen LogP contribution in [0.15, 0.2) is 34.4 Å². The number of ether oxygens (including phenoxy) is 2. The Balaban J connectivity index is 1.57. The van der Waals surface area contributed by atoms with Crippen molar-refractivity contribution < 1.29 is 14.6 Å². The largest absolute Gasteiger partial charge is 0.496 e. The van der Waals surface area contributed by atoms with E-state index in [1.807, 2.05) is 29.6 Å². The number of rotatable bonds is 10. The average Bonchev–Trinajstić information content (AvgIpc) is 3.53. The van der Waals surface area contributed by atoms with Gasteiger partial charge in [-0.3, -0.25) is 9.69 Å². The first-order valence-corrected chi connectivity index (χ1v) is 11.1. The number of aliphatic hydroxyl groups excluding tert-OH is 1. The number of aliphatic hydroxyl groups is 1. The zero-order valence-corrected chi connectivity index (χ0v) is 18.2. The number of nitrogens with one attached hydrogen (secondary N) is 1. The molecule has 8 heteroatoms. The lowest BCUT2D eigenvalue weighted by Crippen LogP contribution is -2.37. The molecule has 1 saturated carbocycles. The van der Waals surface area contributed by atoms with Crippen molar-refractivity contribution in [2.45, 2.75) is 31.5 Å². The van der Waals surface area contributed by atoms with Gasteiger partial charge in [0.05, 0.1) is 31.8 Å². The number of nitrogens with zero attached hydrogens (tertiary/aromatic N) is 2. The fraction of sp³-hybridized carbons (Fsp3) is 0.391. The Morgan fingerprint density at radius 2 is 2.19 bits per heavy atom. The van der Waals surface area contributed by atoms with E-state index in [1.165, 1.54) is 11.3 Å². The first kappa shape index (κ1) is 21.5. The topological polar surface area (TPSA) is 87.7 Å². The molecule has 1 aliphatic rings. The van der Waals surface area contributed by atoms with Crippen LogP contribution < -0.4 is 10.3 Å². The average molecular weight is 440 g/mol. The third kappa shape index (κ3) is 4.97. The van der Waals surface area contributed by atoms with Crippen LogP contribution in [0.1, 0.15) is 18.7 Å². The predicted octanol–water partition coefficient (Wildman–Crippen LogP) is 2.64. The molecule has 0 radical (unpaired) electrons. The minimum Gasteiger partial charge on any atom is -0.496 e. The van der Waals surface area contributed by atoms with Crippen molar-refractivity contribution >= 4 is 21.6 Å². The van der Waals surface area contributed by atoms with Gasteiger partial charge in [0, 0.05) is 29.1 Å². The van der Waals surface area contributed by atoms with Crippen molar-refractivity contribution in [2.75, 3.05) is 26.9 Å². The molecule has 2 N–H and O–H groups in total. The summed E-state index contributed by atoms with van der Waals surface area (Å²) in [5.41, 5.74) is 1.51. The standard InChI is InChI=1S/C23H25N3O4S/c1-3-10-30-13-16(27)11-26(15-8-9-15)12-20-24-22(28)21-18(14-31-23(21)25-20)17-6-4-5-7-19(17)29-2/h1,4-7,14-16,27H,8-13H2,2H3,(H,24,25,28). The molecule has 162 valence electrons. The first-order valence-electron chi connectivity index (χ1n) is 10.2. The zero-order valence-electron chi connectivity index (χ0n) is 17.3. The van der Waals surface area contributed by atoms with Crippen LogP contribution in [0.3, 0.4) is 0 Å². The lowest BCUT2D eigenvalue weighted by molar-refractivity contribution is 0.0237. The maximum absolute atomic E-state index is 13.0. The molecular formula is C23H25N3O4S. The highest BCUT2D eigenvalue weighted by Crippen LogP contribution is 2.36. The molecule has 0 spiro atoms. The lowest BCUT2D eigenvalue weighted by Gasteiger charge is -2.24. The van der Waals surface area contributed by atoms with Gasteiger partial charge in [0.2, 0.25) is 0 Å². The van der Waals surface area contributed by atoms with Gasteiger partial charge in [-0.15, -0.1) is 17.8 Å².